The molecule has 0 aliphatic heterocycles. The van der Waals surface area contributed by atoms with Gasteiger partial charge in [-0.25, -0.2) is 0 Å². The summed E-state index contributed by atoms with van der Waals surface area (Å²) >= 11 is 5.75. The van der Waals surface area contributed by atoms with Gasteiger partial charge in [0.25, 0.3) is 0 Å². The number of ether oxygens (including phenoxy) is 1. The fourth-order valence-corrected chi connectivity index (χ4v) is 1.50. The molecule has 0 aromatic carbocycles. The monoisotopic (exact) mass is 150 g/mol. The largest absolute Gasteiger partial charge is 0.391 e. The molecular weight excluding hydrogens is 140 g/mol. The van der Waals surface area contributed by atoms with Crippen LogP contribution in [0.25, 0.3) is 0 Å². The lowest BCUT2D eigenvalue weighted by atomic mass is 10.3. The molecular formula is C6H11ClO2. The van der Waals surface area contributed by atoms with Gasteiger partial charge in [-0.05, 0) is 12.8 Å². The van der Waals surface area contributed by atoms with Crippen LogP contribution in [0.3, 0.4) is 0 Å². The molecule has 2 nitrogen and oxygen atoms in total. The first-order valence-electron chi connectivity index (χ1n) is 3.10. The molecule has 0 aromatic rings. The van der Waals surface area contributed by atoms with Gasteiger partial charge in [-0.2, -0.15) is 0 Å². The molecule has 0 unspecified atom stereocenters. The zero-order valence-electron chi connectivity index (χ0n) is 5.38. The number of methoxy groups -OCH3 is 1. The molecule has 1 aliphatic carbocycles. The Labute approximate surface area is 59.8 Å². The van der Waals surface area contributed by atoms with Gasteiger partial charge < -0.3 is 9.84 Å². The minimum atomic E-state index is -0.364. The highest BCUT2D eigenvalue weighted by molar-refractivity contribution is 6.21. The fraction of sp³-hybridized carbons (Fsp3) is 1.00. The normalized spacial score (nSPS) is 43.7. The topological polar surface area (TPSA) is 29.5 Å². The molecule has 0 saturated heterocycles. The highest BCUT2D eigenvalue weighted by Gasteiger charge is 2.33. The van der Waals surface area contributed by atoms with E-state index >= 15 is 0 Å². The second-order valence-electron chi connectivity index (χ2n) is 2.36. The van der Waals surface area contributed by atoms with Crippen molar-refractivity contribution < 1.29 is 9.84 Å². The maximum Gasteiger partial charge on any atom is 0.0856 e. The Kier molecular flexibility index (Phi) is 2.33. The van der Waals surface area contributed by atoms with Crippen molar-refractivity contribution in [1.29, 1.82) is 0 Å². The zero-order valence-corrected chi connectivity index (χ0v) is 6.14. The summed E-state index contributed by atoms with van der Waals surface area (Å²) in [5.74, 6) is 0. The van der Waals surface area contributed by atoms with E-state index in [1.807, 2.05) is 0 Å². The van der Waals surface area contributed by atoms with Crippen molar-refractivity contribution in [3.63, 3.8) is 0 Å². The van der Waals surface area contributed by atoms with Gasteiger partial charge in [0.05, 0.1) is 17.6 Å². The lowest BCUT2D eigenvalue weighted by molar-refractivity contribution is 0.0939. The summed E-state index contributed by atoms with van der Waals surface area (Å²) in [6.45, 7) is 0. The number of hydrogen-bond acceptors (Lipinski definition) is 2. The summed E-state index contributed by atoms with van der Waals surface area (Å²) < 4.78 is 5.00. The second-order valence-corrected chi connectivity index (χ2v) is 2.87. The third-order valence-electron chi connectivity index (χ3n) is 1.77. The van der Waals surface area contributed by atoms with Gasteiger partial charge in [0, 0.05) is 7.11 Å². The third kappa shape index (κ3) is 1.37. The van der Waals surface area contributed by atoms with Gasteiger partial charge in [0.15, 0.2) is 0 Å². The number of aliphatic hydroxyl groups is 1. The average molecular weight is 151 g/mol. The summed E-state index contributed by atoms with van der Waals surface area (Å²) in [7, 11) is 1.62. The molecule has 1 aliphatic rings. The van der Waals surface area contributed by atoms with Crippen molar-refractivity contribution >= 4 is 11.6 Å². The van der Waals surface area contributed by atoms with Crippen molar-refractivity contribution in [2.45, 2.75) is 30.4 Å². The number of alkyl halides is 1. The number of aliphatic hydroxyl groups excluding tert-OH is 1. The van der Waals surface area contributed by atoms with Crippen LogP contribution in [0.2, 0.25) is 0 Å². The maximum absolute atomic E-state index is 9.09. The first kappa shape index (κ1) is 7.32. The van der Waals surface area contributed by atoms with Crippen LogP contribution >= 0.6 is 11.6 Å². The molecule has 1 fully saturated rings. The Morgan fingerprint density at radius 3 is 2.44 bits per heavy atom. The number of hydrogen-bond donors (Lipinski definition) is 1. The maximum atomic E-state index is 9.09. The minimum absolute atomic E-state index is 0.0571. The summed E-state index contributed by atoms with van der Waals surface area (Å²) in [6, 6.07) is 0. The van der Waals surface area contributed by atoms with Gasteiger partial charge in [-0.1, -0.05) is 0 Å². The van der Waals surface area contributed by atoms with Crippen molar-refractivity contribution in [2.24, 2.45) is 0 Å². The molecule has 9 heavy (non-hydrogen) atoms. The van der Waals surface area contributed by atoms with Crippen LogP contribution in [0, 0.1) is 0 Å². The lowest BCUT2D eigenvalue weighted by Crippen LogP contribution is -2.24. The zero-order chi connectivity index (χ0) is 6.85. The summed E-state index contributed by atoms with van der Waals surface area (Å²) in [6.07, 6.45) is 1.34. The predicted octanol–water partition coefficient (Wildman–Crippen LogP) is 0.763. The SMILES string of the molecule is CO[C@@H]1CC[C@H](O)[C@H]1Cl. The van der Waals surface area contributed by atoms with Crippen LogP contribution in [-0.4, -0.2) is 29.8 Å². The van der Waals surface area contributed by atoms with Crippen LogP contribution in [0.5, 0.6) is 0 Å². The highest BCUT2D eigenvalue weighted by atomic mass is 35.5. The average Bonchev–Trinajstić information content (AvgIpc) is 2.15. The van der Waals surface area contributed by atoms with E-state index < -0.39 is 0 Å². The molecule has 1 saturated carbocycles. The Hall–Kier alpha value is 0.210. The lowest BCUT2D eigenvalue weighted by Gasteiger charge is -2.12. The van der Waals surface area contributed by atoms with Gasteiger partial charge in [-0.15, -0.1) is 11.6 Å². The van der Waals surface area contributed by atoms with Crippen LogP contribution in [0.1, 0.15) is 12.8 Å². The van der Waals surface area contributed by atoms with E-state index in [4.69, 9.17) is 21.4 Å². The molecule has 3 atom stereocenters. The predicted molar refractivity (Wildman–Crippen MR) is 35.7 cm³/mol. The molecule has 0 heterocycles. The fourth-order valence-electron chi connectivity index (χ4n) is 1.15. The van der Waals surface area contributed by atoms with Crippen molar-refractivity contribution in [3.05, 3.63) is 0 Å². The van der Waals surface area contributed by atoms with Crippen molar-refractivity contribution in [3.8, 4) is 0 Å². The van der Waals surface area contributed by atoms with Crippen LogP contribution < -0.4 is 0 Å². The summed E-state index contributed by atoms with van der Waals surface area (Å²) in [5.41, 5.74) is 0. The standard InChI is InChI=1S/C6H11ClO2/c1-9-5-3-2-4(8)6(5)7/h4-6,8H,2-3H2,1H3/t4-,5+,6+/m0/s1. The molecule has 1 N–H and O–H groups in total. The van der Waals surface area contributed by atoms with E-state index in [2.05, 4.69) is 0 Å². The first-order chi connectivity index (χ1) is 4.25. The summed E-state index contributed by atoms with van der Waals surface area (Å²) in [5, 5.41) is 8.89. The van der Waals surface area contributed by atoms with Gasteiger partial charge in [0.1, 0.15) is 0 Å². The van der Waals surface area contributed by atoms with Gasteiger partial charge in [0.2, 0.25) is 0 Å². The molecule has 3 heteroatoms. The molecule has 1 rings (SSSR count). The second kappa shape index (κ2) is 2.86. The van der Waals surface area contributed by atoms with Crippen LogP contribution in [0.4, 0.5) is 0 Å². The third-order valence-corrected chi connectivity index (χ3v) is 2.34. The van der Waals surface area contributed by atoms with E-state index in [1.165, 1.54) is 0 Å². The number of rotatable bonds is 1. The van der Waals surface area contributed by atoms with Crippen LogP contribution in [-0.2, 0) is 4.74 Å². The van der Waals surface area contributed by atoms with E-state index in [-0.39, 0.29) is 17.6 Å². The first-order valence-corrected chi connectivity index (χ1v) is 3.54. The van der Waals surface area contributed by atoms with Crippen molar-refractivity contribution in [1.82, 2.24) is 0 Å². The Morgan fingerprint density at radius 2 is 2.22 bits per heavy atom. The minimum Gasteiger partial charge on any atom is -0.391 e. The highest BCUT2D eigenvalue weighted by Crippen LogP contribution is 2.26. The van der Waals surface area contributed by atoms with E-state index in [9.17, 15) is 0 Å². The quantitative estimate of drug-likeness (QED) is 0.560. The van der Waals surface area contributed by atoms with E-state index in [1.54, 1.807) is 7.11 Å². The molecule has 0 aromatic heterocycles. The number of halogens is 1. The Morgan fingerprint density at radius 1 is 1.56 bits per heavy atom. The van der Waals surface area contributed by atoms with E-state index in [0.717, 1.165) is 12.8 Å². The smallest absolute Gasteiger partial charge is 0.0856 e. The van der Waals surface area contributed by atoms with Crippen LogP contribution in [0.15, 0.2) is 0 Å². The molecule has 0 spiro atoms. The summed E-state index contributed by atoms with van der Waals surface area (Å²) in [4.78, 5) is 0. The molecule has 0 amide bonds. The Bertz CT molecular complexity index is 97.1. The van der Waals surface area contributed by atoms with Gasteiger partial charge >= 0.3 is 0 Å². The van der Waals surface area contributed by atoms with Crippen molar-refractivity contribution in [2.75, 3.05) is 7.11 Å². The molecule has 0 bridgehead atoms. The molecule has 0 radical (unpaired) electrons. The Balaban J connectivity index is 2.41. The van der Waals surface area contributed by atoms with Gasteiger partial charge in [-0.3, -0.25) is 0 Å². The van der Waals surface area contributed by atoms with E-state index in [0.29, 0.717) is 0 Å². The molecule has 54 valence electrons.